The molecule has 0 radical (unpaired) electrons. The summed E-state index contributed by atoms with van der Waals surface area (Å²) < 4.78 is 42.9. The van der Waals surface area contributed by atoms with E-state index in [1.165, 1.54) is 13.2 Å². The minimum atomic E-state index is -4.40. The number of hydrogen-bond donors (Lipinski definition) is 1. The van der Waals surface area contributed by atoms with Gasteiger partial charge in [-0.3, -0.25) is 0 Å². The van der Waals surface area contributed by atoms with Gasteiger partial charge in [0.2, 0.25) is 0 Å². The highest BCUT2D eigenvalue weighted by Crippen LogP contribution is 2.34. The van der Waals surface area contributed by atoms with Gasteiger partial charge >= 0.3 is 6.18 Å². The SMILES string of the molecule is C=CCC[C@H](N)c1cc(OC)cc(C(F)(F)F)c1. The zero-order chi connectivity index (χ0) is 13.8. The predicted octanol–water partition coefficient (Wildman–Crippen LogP) is 3.68. The molecule has 0 aliphatic carbocycles. The Labute approximate surface area is 104 Å². The van der Waals surface area contributed by atoms with E-state index in [-0.39, 0.29) is 5.75 Å². The highest BCUT2D eigenvalue weighted by molar-refractivity contribution is 5.37. The Kier molecular flexibility index (Phi) is 4.78. The first kappa shape index (κ1) is 14.6. The van der Waals surface area contributed by atoms with Crippen molar-refractivity contribution in [3.63, 3.8) is 0 Å². The number of rotatable bonds is 5. The quantitative estimate of drug-likeness (QED) is 0.819. The third-order valence-electron chi connectivity index (χ3n) is 2.60. The highest BCUT2D eigenvalue weighted by Gasteiger charge is 2.31. The normalized spacial score (nSPS) is 13.2. The van der Waals surface area contributed by atoms with E-state index in [1.54, 1.807) is 6.08 Å². The summed E-state index contributed by atoms with van der Waals surface area (Å²) >= 11 is 0. The molecule has 18 heavy (non-hydrogen) atoms. The highest BCUT2D eigenvalue weighted by atomic mass is 19.4. The van der Waals surface area contributed by atoms with Gasteiger partial charge < -0.3 is 10.5 Å². The van der Waals surface area contributed by atoms with E-state index in [9.17, 15) is 13.2 Å². The Balaban J connectivity index is 3.07. The molecular weight excluding hydrogens is 243 g/mol. The maximum absolute atomic E-state index is 12.7. The van der Waals surface area contributed by atoms with Crippen molar-refractivity contribution >= 4 is 0 Å². The van der Waals surface area contributed by atoms with Crippen LogP contribution in [0.5, 0.6) is 5.75 Å². The fourth-order valence-corrected chi connectivity index (χ4v) is 1.58. The molecule has 0 heterocycles. The molecule has 0 spiro atoms. The van der Waals surface area contributed by atoms with Crippen molar-refractivity contribution in [1.82, 2.24) is 0 Å². The number of ether oxygens (including phenoxy) is 1. The molecule has 0 saturated heterocycles. The molecule has 0 saturated carbocycles. The Morgan fingerprint density at radius 1 is 1.39 bits per heavy atom. The molecule has 1 aromatic carbocycles. The van der Waals surface area contributed by atoms with Crippen LogP contribution in [-0.2, 0) is 6.18 Å². The second kappa shape index (κ2) is 5.91. The molecule has 5 heteroatoms. The van der Waals surface area contributed by atoms with Crippen molar-refractivity contribution in [2.45, 2.75) is 25.1 Å². The Morgan fingerprint density at radius 3 is 2.56 bits per heavy atom. The van der Waals surface area contributed by atoms with Gasteiger partial charge in [-0.2, -0.15) is 13.2 Å². The van der Waals surface area contributed by atoms with Crippen LogP contribution in [0.15, 0.2) is 30.9 Å². The third-order valence-corrected chi connectivity index (χ3v) is 2.60. The second-order valence-electron chi connectivity index (χ2n) is 3.97. The third kappa shape index (κ3) is 3.77. The Bertz CT molecular complexity index is 415. The Morgan fingerprint density at radius 2 is 2.06 bits per heavy atom. The number of alkyl halides is 3. The van der Waals surface area contributed by atoms with E-state index in [4.69, 9.17) is 10.5 Å². The van der Waals surface area contributed by atoms with Crippen LogP contribution in [0.3, 0.4) is 0 Å². The van der Waals surface area contributed by atoms with Crippen molar-refractivity contribution in [2.24, 2.45) is 5.73 Å². The van der Waals surface area contributed by atoms with Crippen LogP contribution in [-0.4, -0.2) is 7.11 Å². The van der Waals surface area contributed by atoms with E-state index < -0.39 is 17.8 Å². The molecule has 1 rings (SSSR count). The topological polar surface area (TPSA) is 35.2 Å². The predicted molar refractivity (Wildman–Crippen MR) is 64.4 cm³/mol. The summed E-state index contributed by atoms with van der Waals surface area (Å²) in [6.07, 6.45) is -1.51. The summed E-state index contributed by atoms with van der Waals surface area (Å²) in [5.41, 5.74) is 5.52. The molecule has 0 unspecified atom stereocenters. The molecule has 0 fully saturated rings. The van der Waals surface area contributed by atoms with Crippen LogP contribution in [0.2, 0.25) is 0 Å². The van der Waals surface area contributed by atoms with Crippen molar-refractivity contribution < 1.29 is 17.9 Å². The van der Waals surface area contributed by atoms with Gasteiger partial charge in [0, 0.05) is 6.04 Å². The van der Waals surface area contributed by atoms with E-state index in [0.29, 0.717) is 18.4 Å². The second-order valence-corrected chi connectivity index (χ2v) is 3.97. The van der Waals surface area contributed by atoms with Gasteiger partial charge in [-0.25, -0.2) is 0 Å². The lowest BCUT2D eigenvalue weighted by Crippen LogP contribution is -2.13. The lowest BCUT2D eigenvalue weighted by molar-refractivity contribution is -0.137. The summed E-state index contributed by atoms with van der Waals surface area (Å²) in [7, 11) is 1.33. The van der Waals surface area contributed by atoms with Crippen molar-refractivity contribution in [3.8, 4) is 5.75 Å². The number of hydrogen-bond acceptors (Lipinski definition) is 2. The lowest BCUT2D eigenvalue weighted by Gasteiger charge is -2.15. The Hall–Kier alpha value is -1.49. The smallest absolute Gasteiger partial charge is 0.416 e. The van der Waals surface area contributed by atoms with Gasteiger partial charge in [0.25, 0.3) is 0 Å². The molecule has 0 aliphatic heterocycles. The molecule has 0 aliphatic rings. The maximum atomic E-state index is 12.7. The van der Waals surface area contributed by atoms with Crippen LogP contribution in [0.1, 0.15) is 30.0 Å². The minimum Gasteiger partial charge on any atom is -0.497 e. The van der Waals surface area contributed by atoms with Gasteiger partial charge in [0.05, 0.1) is 12.7 Å². The molecule has 0 bridgehead atoms. The van der Waals surface area contributed by atoms with E-state index in [1.807, 2.05) is 0 Å². The first-order valence-corrected chi connectivity index (χ1v) is 5.51. The number of nitrogens with two attached hydrogens (primary N) is 1. The summed E-state index contributed by atoms with van der Waals surface area (Å²) in [5, 5.41) is 0. The maximum Gasteiger partial charge on any atom is 0.416 e. The average Bonchev–Trinajstić information content (AvgIpc) is 2.34. The van der Waals surface area contributed by atoms with Gasteiger partial charge in [0.15, 0.2) is 0 Å². The van der Waals surface area contributed by atoms with Crippen molar-refractivity contribution in [2.75, 3.05) is 7.11 Å². The first-order valence-electron chi connectivity index (χ1n) is 5.51. The average molecular weight is 259 g/mol. The van der Waals surface area contributed by atoms with E-state index in [0.717, 1.165) is 12.1 Å². The zero-order valence-corrected chi connectivity index (χ0v) is 10.1. The van der Waals surface area contributed by atoms with Gasteiger partial charge in [-0.05, 0) is 36.6 Å². The molecule has 1 atom stereocenters. The van der Waals surface area contributed by atoms with Crippen LogP contribution in [0.4, 0.5) is 13.2 Å². The van der Waals surface area contributed by atoms with Crippen molar-refractivity contribution in [1.29, 1.82) is 0 Å². The summed E-state index contributed by atoms with van der Waals surface area (Å²) in [6.45, 7) is 3.56. The fraction of sp³-hybridized carbons (Fsp3) is 0.385. The monoisotopic (exact) mass is 259 g/mol. The molecule has 0 aromatic heterocycles. The minimum absolute atomic E-state index is 0.161. The standard InChI is InChI=1S/C13H16F3NO/c1-3-4-5-12(17)9-6-10(13(14,15)16)8-11(7-9)18-2/h3,6-8,12H,1,4-5,17H2,2H3/t12-/m0/s1. The summed E-state index contributed by atoms with van der Waals surface area (Å²) in [6, 6.07) is 3.10. The van der Waals surface area contributed by atoms with Crippen molar-refractivity contribution in [3.05, 3.63) is 42.0 Å². The van der Waals surface area contributed by atoms with Crippen LogP contribution in [0, 0.1) is 0 Å². The molecule has 1 aromatic rings. The first-order chi connectivity index (χ1) is 8.38. The molecule has 0 amide bonds. The largest absolute Gasteiger partial charge is 0.497 e. The number of allylic oxidation sites excluding steroid dienone is 1. The summed E-state index contributed by atoms with van der Waals surface area (Å²) in [5.74, 6) is 0.161. The number of halogens is 3. The van der Waals surface area contributed by atoms with E-state index in [2.05, 4.69) is 6.58 Å². The van der Waals surface area contributed by atoms with Crippen LogP contribution >= 0.6 is 0 Å². The molecule has 100 valence electrons. The molecular formula is C13H16F3NO. The number of methoxy groups -OCH3 is 1. The van der Waals surface area contributed by atoms with Gasteiger partial charge in [-0.1, -0.05) is 6.08 Å². The summed E-state index contributed by atoms with van der Waals surface area (Å²) in [4.78, 5) is 0. The molecule has 2 nitrogen and oxygen atoms in total. The fourth-order valence-electron chi connectivity index (χ4n) is 1.58. The van der Waals surface area contributed by atoms with Crippen LogP contribution < -0.4 is 10.5 Å². The number of benzene rings is 1. The van der Waals surface area contributed by atoms with E-state index >= 15 is 0 Å². The lowest BCUT2D eigenvalue weighted by atomic mass is 10.00. The molecule has 2 N–H and O–H groups in total. The van der Waals surface area contributed by atoms with Gasteiger partial charge in [-0.15, -0.1) is 6.58 Å². The van der Waals surface area contributed by atoms with Crippen LogP contribution in [0.25, 0.3) is 0 Å². The van der Waals surface area contributed by atoms with Gasteiger partial charge in [0.1, 0.15) is 5.75 Å². The zero-order valence-electron chi connectivity index (χ0n) is 10.1.